The van der Waals surface area contributed by atoms with E-state index in [0.717, 1.165) is 48.6 Å². The summed E-state index contributed by atoms with van der Waals surface area (Å²) in [4.78, 5) is 10.4. The van der Waals surface area contributed by atoms with E-state index in [1.807, 2.05) is 18.2 Å². The number of terminal acetylenes is 1. The van der Waals surface area contributed by atoms with Gasteiger partial charge in [0.1, 0.15) is 5.82 Å². The van der Waals surface area contributed by atoms with Crippen molar-refractivity contribution in [2.24, 2.45) is 0 Å². The quantitative estimate of drug-likeness (QED) is 0.467. The van der Waals surface area contributed by atoms with Gasteiger partial charge in [0.2, 0.25) is 0 Å². The first-order chi connectivity index (χ1) is 14.9. The number of aryl methyl sites for hydroxylation is 1. The third-order valence-electron chi connectivity index (χ3n) is 4.99. The Morgan fingerprint density at radius 1 is 1.19 bits per heavy atom. The van der Waals surface area contributed by atoms with Crippen molar-refractivity contribution in [1.29, 1.82) is 0 Å². The summed E-state index contributed by atoms with van der Waals surface area (Å²) >= 11 is 0. The van der Waals surface area contributed by atoms with Gasteiger partial charge in [-0.1, -0.05) is 31.1 Å². The summed E-state index contributed by atoms with van der Waals surface area (Å²) in [6.07, 6.45) is 5.05. The highest BCUT2D eigenvalue weighted by Crippen LogP contribution is 2.27. The van der Waals surface area contributed by atoms with Gasteiger partial charge in [0.05, 0.1) is 11.0 Å². The maximum absolute atomic E-state index is 12.6. The Bertz CT molecular complexity index is 1090. The van der Waals surface area contributed by atoms with Gasteiger partial charge in [-0.15, -0.1) is 12.3 Å². The first kappa shape index (κ1) is 22.6. The van der Waals surface area contributed by atoms with Crippen LogP contribution in [0.3, 0.4) is 0 Å². The molecule has 0 aliphatic rings. The van der Waals surface area contributed by atoms with Crippen molar-refractivity contribution in [3.63, 3.8) is 0 Å². The Morgan fingerprint density at radius 3 is 2.61 bits per heavy atom. The second-order valence-electron chi connectivity index (χ2n) is 6.95. The van der Waals surface area contributed by atoms with Crippen molar-refractivity contribution in [3.05, 3.63) is 41.3 Å². The smallest absolute Gasteiger partial charge is 0.329 e. The fourth-order valence-corrected chi connectivity index (χ4v) is 3.29. The summed E-state index contributed by atoms with van der Waals surface area (Å²) in [6, 6.07) is 5.72. The lowest BCUT2D eigenvalue weighted by atomic mass is 10.2. The molecule has 0 fully saturated rings. The molecule has 0 unspecified atom stereocenters. The molecule has 1 aromatic carbocycles. The van der Waals surface area contributed by atoms with Crippen molar-refractivity contribution in [1.82, 2.24) is 24.6 Å². The monoisotopic (exact) mass is 431 g/mol. The molecule has 0 bridgehead atoms. The molecule has 31 heavy (non-hydrogen) atoms. The normalized spacial score (nSPS) is 12.3. The van der Waals surface area contributed by atoms with Crippen LogP contribution in [0.25, 0.3) is 23.2 Å². The van der Waals surface area contributed by atoms with Crippen molar-refractivity contribution in [2.45, 2.75) is 39.4 Å². The fourth-order valence-electron chi connectivity index (χ4n) is 3.29. The topological polar surface area (TPSA) is 60.0 Å². The number of alkyl halides is 3. The van der Waals surface area contributed by atoms with Crippen LogP contribution >= 0.6 is 0 Å². The van der Waals surface area contributed by atoms with E-state index >= 15 is 0 Å². The number of fused-ring (bicyclic) bond motifs is 1. The minimum atomic E-state index is -4.66. The molecule has 0 amide bonds. The summed E-state index contributed by atoms with van der Waals surface area (Å²) in [5.41, 5.74) is 2.57. The number of benzene rings is 1. The van der Waals surface area contributed by atoms with Gasteiger partial charge in [-0.05, 0) is 36.9 Å². The van der Waals surface area contributed by atoms with Crippen LogP contribution < -0.4 is 0 Å². The van der Waals surface area contributed by atoms with Crippen molar-refractivity contribution >= 4 is 23.2 Å². The molecule has 6 nitrogen and oxygen atoms in total. The molecular formula is C22H24F3N5O. The van der Waals surface area contributed by atoms with Gasteiger partial charge < -0.3 is 14.0 Å². The van der Waals surface area contributed by atoms with Gasteiger partial charge in [-0.25, -0.2) is 4.98 Å². The molecule has 0 N–H and O–H groups in total. The van der Waals surface area contributed by atoms with E-state index in [9.17, 15) is 13.2 Å². The largest absolute Gasteiger partial charge is 0.471 e. The van der Waals surface area contributed by atoms with Crippen molar-refractivity contribution < 1.29 is 17.7 Å². The van der Waals surface area contributed by atoms with Gasteiger partial charge in [-0.2, -0.15) is 18.2 Å². The molecular weight excluding hydrogens is 407 g/mol. The molecule has 0 atom stereocenters. The number of imidazole rings is 1. The van der Waals surface area contributed by atoms with Crippen molar-refractivity contribution in [2.75, 3.05) is 19.6 Å². The van der Waals surface area contributed by atoms with E-state index in [2.05, 4.69) is 43.9 Å². The van der Waals surface area contributed by atoms with Gasteiger partial charge >= 0.3 is 12.1 Å². The maximum atomic E-state index is 12.6. The molecule has 164 valence electrons. The average molecular weight is 431 g/mol. The highest BCUT2D eigenvalue weighted by molar-refractivity contribution is 5.81. The standard InChI is InChI=1S/C22H24F3N5O/c1-4-7-8-20-26-17-15-16(10-12-19-27-21(31-28-19)22(23,24)25)9-11-18(17)30(20)14-13-29(5-2)6-3/h1,9-12,15H,5-8,13-14H2,2-3H3/b12-10+. The number of aromatic nitrogens is 4. The van der Waals surface area contributed by atoms with E-state index in [4.69, 9.17) is 11.4 Å². The molecule has 0 radical (unpaired) electrons. The van der Waals surface area contributed by atoms with Crippen LogP contribution in [-0.4, -0.2) is 44.2 Å². The Balaban J connectivity index is 1.85. The van der Waals surface area contributed by atoms with Crippen LogP contribution in [0, 0.1) is 12.3 Å². The lowest BCUT2D eigenvalue weighted by Crippen LogP contribution is -2.27. The highest BCUT2D eigenvalue weighted by Gasteiger charge is 2.38. The van der Waals surface area contributed by atoms with Crippen LogP contribution in [0.5, 0.6) is 0 Å². The first-order valence-corrected chi connectivity index (χ1v) is 10.1. The van der Waals surface area contributed by atoms with E-state index < -0.39 is 12.1 Å². The van der Waals surface area contributed by atoms with Crippen molar-refractivity contribution in [3.8, 4) is 12.3 Å². The summed E-state index contributed by atoms with van der Waals surface area (Å²) in [6.45, 7) is 7.93. The Hall–Kier alpha value is -3.12. The first-order valence-electron chi connectivity index (χ1n) is 10.1. The Kier molecular flexibility index (Phi) is 7.13. The van der Waals surface area contributed by atoms with E-state index in [-0.39, 0.29) is 5.82 Å². The highest BCUT2D eigenvalue weighted by atomic mass is 19.4. The second-order valence-corrected chi connectivity index (χ2v) is 6.95. The predicted octanol–water partition coefficient (Wildman–Crippen LogP) is 4.52. The van der Waals surface area contributed by atoms with Crippen LogP contribution in [0.4, 0.5) is 13.2 Å². The zero-order valence-electron chi connectivity index (χ0n) is 17.5. The summed E-state index contributed by atoms with van der Waals surface area (Å²) in [7, 11) is 0. The molecule has 0 saturated heterocycles. The number of hydrogen-bond acceptors (Lipinski definition) is 5. The van der Waals surface area contributed by atoms with Gasteiger partial charge in [0.25, 0.3) is 0 Å². The molecule has 3 aromatic rings. The molecule has 9 heteroatoms. The third kappa shape index (κ3) is 5.52. The zero-order valence-corrected chi connectivity index (χ0v) is 17.5. The Labute approximate surface area is 178 Å². The average Bonchev–Trinajstić information content (AvgIpc) is 3.36. The summed E-state index contributed by atoms with van der Waals surface area (Å²) < 4.78 is 44.2. The van der Waals surface area contributed by atoms with Crippen LogP contribution in [0.15, 0.2) is 22.7 Å². The maximum Gasteiger partial charge on any atom is 0.471 e. The van der Waals surface area contributed by atoms with E-state index in [1.165, 1.54) is 6.08 Å². The minimum Gasteiger partial charge on any atom is -0.329 e. The van der Waals surface area contributed by atoms with Crippen LogP contribution in [0.1, 0.15) is 43.4 Å². The van der Waals surface area contributed by atoms with E-state index in [1.54, 1.807) is 6.08 Å². The molecule has 0 aliphatic carbocycles. The molecule has 0 spiro atoms. The second kappa shape index (κ2) is 9.79. The molecule has 2 heterocycles. The lowest BCUT2D eigenvalue weighted by molar-refractivity contribution is -0.159. The fraction of sp³-hybridized carbons (Fsp3) is 0.409. The number of halogens is 3. The molecule has 3 rings (SSSR count). The Morgan fingerprint density at radius 2 is 1.97 bits per heavy atom. The molecule has 2 aromatic heterocycles. The number of rotatable bonds is 9. The predicted molar refractivity (Wildman–Crippen MR) is 113 cm³/mol. The van der Waals surface area contributed by atoms with E-state index in [0.29, 0.717) is 12.8 Å². The minimum absolute atomic E-state index is 0.146. The third-order valence-corrected chi connectivity index (χ3v) is 4.99. The lowest BCUT2D eigenvalue weighted by Gasteiger charge is -2.19. The molecule has 0 aliphatic heterocycles. The molecule has 0 saturated carbocycles. The summed E-state index contributed by atoms with van der Waals surface area (Å²) in [5, 5.41) is 3.33. The van der Waals surface area contributed by atoms with Gasteiger partial charge in [0, 0.05) is 25.9 Å². The number of nitrogens with zero attached hydrogens (tertiary/aromatic N) is 5. The number of likely N-dealkylation sites (N-methyl/N-ethyl adjacent to an activating group) is 1. The van der Waals surface area contributed by atoms with Gasteiger partial charge in [0.15, 0.2) is 5.82 Å². The summed E-state index contributed by atoms with van der Waals surface area (Å²) in [5.74, 6) is 2.07. The van der Waals surface area contributed by atoms with Crippen LogP contribution in [-0.2, 0) is 19.1 Å². The van der Waals surface area contributed by atoms with Crippen LogP contribution in [0.2, 0.25) is 0 Å². The zero-order chi connectivity index (χ0) is 22.4. The van der Waals surface area contributed by atoms with Gasteiger partial charge in [-0.3, -0.25) is 0 Å². The number of hydrogen-bond donors (Lipinski definition) is 0. The SMILES string of the molecule is C#CCCc1nc2cc(/C=C/c3noc(C(F)(F)F)n3)ccc2n1CCN(CC)CC.